The van der Waals surface area contributed by atoms with Crippen molar-refractivity contribution in [3.8, 4) is 5.75 Å². The van der Waals surface area contributed by atoms with E-state index in [-0.39, 0.29) is 31.7 Å². The molecule has 0 saturated carbocycles. The van der Waals surface area contributed by atoms with E-state index in [2.05, 4.69) is 36.8 Å². The highest BCUT2D eigenvalue weighted by atomic mass is 16.5. The monoisotopic (exact) mass is 829 g/mol. The predicted octanol–water partition coefficient (Wildman–Crippen LogP) is 2.54. The lowest BCUT2D eigenvalue weighted by atomic mass is 9.85. The van der Waals surface area contributed by atoms with Gasteiger partial charge in [-0.3, -0.25) is 28.8 Å². The van der Waals surface area contributed by atoms with Crippen LogP contribution in [-0.4, -0.2) is 111 Å². The summed E-state index contributed by atoms with van der Waals surface area (Å²) in [4.78, 5) is 83.4. The summed E-state index contributed by atoms with van der Waals surface area (Å²) in [6.45, 7) is 13.3. The fourth-order valence-corrected chi connectivity index (χ4v) is 7.20. The number of tetrazole rings is 1. The van der Waals surface area contributed by atoms with E-state index >= 15 is 0 Å². The minimum Gasteiger partial charge on any atom is -0.494 e. The molecule has 2 unspecified atom stereocenters. The zero-order valence-electron chi connectivity index (χ0n) is 35.7. The maximum Gasteiger partial charge on any atom is 0.290 e. The van der Waals surface area contributed by atoms with E-state index in [0.29, 0.717) is 49.6 Å². The van der Waals surface area contributed by atoms with Gasteiger partial charge in [0.05, 0.1) is 37.4 Å². The largest absolute Gasteiger partial charge is 0.494 e. The molecule has 0 radical (unpaired) electrons. The van der Waals surface area contributed by atoms with Gasteiger partial charge in [0.2, 0.25) is 29.4 Å². The molecule has 324 valence electrons. The zero-order chi connectivity index (χ0) is 43.6. The van der Waals surface area contributed by atoms with Crippen LogP contribution in [0, 0.1) is 5.41 Å². The number of fused-ring (bicyclic) bond motifs is 11. The Bertz CT molecular complexity index is 1970. The molecule has 6 rings (SSSR count). The quantitative estimate of drug-likeness (QED) is 0.206. The molecule has 5 amide bonds. The van der Waals surface area contributed by atoms with Crippen molar-refractivity contribution in [2.75, 3.05) is 26.3 Å². The summed E-state index contributed by atoms with van der Waals surface area (Å²) in [5.41, 5.74) is 0.415. The standard InChI is InChI=1S/C43H59N9O8/c1-8-13-31(36(55)40(57)44-25-34(54)46-35(28-14-10-9-11-15-28)38-48-49-50-52(38)43(5,6)7)45-39(56)32-24-30-26-51(32)41(58)37(42(2,3)4)47-33(53)21-18-27-16-19-29(20-17-27)59-22-12-23-60-30/h9-11,14-17,19-20,30-32,35,37H,8,12-13,18,21-26H2,1-7H3,(H,44,57)(H,45,56)(H,46,54)(H,47,53)/t30-,31?,32+,35?,37-/m1/s1. The van der Waals surface area contributed by atoms with Gasteiger partial charge in [-0.15, -0.1) is 5.10 Å². The van der Waals surface area contributed by atoms with Crippen molar-refractivity contribution in [3.63, 3.8) is 0 Å². The number of ether oxygens (including phenoxy) is 2. The number of benzene rings is 2. The maximum absolute atomic E-state index is 14.4. The molecule has 1 aromatic heterocycles. The van der Waals surface area contributed by atoms with E-state index in [1.165, 1.54) is 4.90 Å². The number of ketones is 1. The molecule has 2 aromatic carbocycles. The van der Waals surface area contributed by atoms with E-state index < -0.39 is 77.2 Å². The van der Waals surface area contributed by atoms with Crippen LogP contribution in [0.5, 0.6) is 5.75 Å². The van der Waals surface area contributed by atoms with Gasteiger partial charge in [0.15, 0.2) is 5.82 Å². The van der Waals surface area contributed by atoms with Crippen molar-refractivity contribution in [1.82, 2.24) is 46.4 Å². The lowest BCUT2D eigenvalue weighted by Crippen LogP contribution is -2.59. The molecule has 4 N–H and O–H groups in total. The molecular formula is C43H59N9O8. The first-order valence-electron chi connectivity index (χ1n) is 20.6. The minimum absolute atomic E-state index is 0.0785. The van der Waals surface area contributed by atoms with Crippen LogP contribution in [0.1, 0.15) is 104 Å². The maximum atomic E-state index is 14.4. The third-order valence-corrected chi connectivity index (χ3v) is 10.4. The number of rotatable bonds is 11. The minimum atomic E-state index is -1.24. The summed E-state index contributed by atoms with van der Waals surface area (Å²) in [6, 6.07) is 12.6. The van der Waals surface area contributed by atoms with E-state index in [0.717, 1.165) is 5.56 Å². The number of hydrogen-bond donors (Lipinski definition) is 4. The molecule has 1 fully saturated rings. The van der Waals surface area contributed by atoms with Crippen LogP contribution < -0.4 is 26.0 Å². The van der Waals surface area contributed by atoms with Gasteiger partial charge in [0.25, 0.3) is 5.91 Å². The van der Waals surface area contributed by atoms with Crippen molar-refractivity contribution in [2.45, 2.75) is 123 Å². The Hall–Kier alpha value is -5.71. The van der Waals surface area contributed by atoms with Gasteiger partial charge < -0.3 is 35.6 Å². The zero-order valence-corrected chi connectivity index (χ0v) is 35.7. The number of aryl methyl sites for hydroxylation is 1. The Morgan fingerprint density at radius 3 is 2.32 bits per heavy atom. The summed E-state index contributed by atoms with van der Waals surface area (Å²) < 4.78 is 13.6. The third-order valence-electron chi connectivity index (χ3n) is 10.4. The molecule has 0 spiro atoms. The Kier molecular flexibility index (Phi) is 15.1. The SMILES string of the molecule is CCCC(NC(=O)[C@@H]1C[C@@H]2CN1C(=O)[C@H](C(C)(C)C)NC(=O)CCc1ccc(cc1)OCCCO2)C(=O)C(=O)NCC(=O)NC(c1ccccc1)c1nnnn1C(C)(C)C. The molecule has 3 aliphatic rings. The number of Topliss-reactive ketones (excluding diaryl/α,β-unsaturated/α-hetero) is 1. The molecule has 4 heterocycles. The van der Waals surface area contributed by atoms with Gasteiger partial charge in [-0.25, -0.2) is 4.68 Å². The number of hydrogen-bond acceptors (Lipinski definition) is 11. The Morgan fingerprint density at radius 1 is 0.933 bits per heavy atom. The highest BCUT2D eigenvalue weighted by molar-refractivity contribution is 6.38. The normalized spacial score (nSPS) is 20.2. The smallest absolute Gasteiger partial charge is 0.290 e. The van der Waals surface area contributed by atoms with Crippen molar-refractivity contribution in [3.05, 3.63) is 71.5 Å². The molecule has 1 saturated heterocycles. The summed E-state index contributed by atoms with van der Waals surface area (Å²) in [5.74, 6) is -2.93. The Balaban J connectivity index is 1.27. The lowest BCUT2D eigenvalue weighted by molar-refractivity contribution is -0.145. The van der Waals surface area contributed by atoms with Crippen molar-refractivity contribution in [2.24, 2.45) is 5.41 Å². The van der Waals surface area contributed by atoms with Gasteiger partial charge in [-0.2, -0.15) is 0 Å². The fourth-order valence-electron chi connectivity index (χ4n) is 7.20. The second-order valence-electron chi connectivity index (χ2n) is 17.4. The van der Waals surface area contributed by atoms with Gasteiger partial charge in [-0.1, -0.05) is 76.6 Å². The van der Waals surface area contributed by atoms with Crippen molar-refractivity contribution >= 4 is 35.3 Å². The number of carbonyl (C=O) groups excluding carboxylic acids is 6. The van der Waals surface area contributed by atoms with Gasteiger partial charge >= 0.3 is 0 Å². The van der Waals surface area contributed by atoms with Crippen LogP contribution in [-0.2, 0) is 45.5 Å². The van der Waals surface area contributed by atoms with E-state index in [4.69, 9.17) is 9.47 Å². The van der Waals surface area contributed by atoms with E-state index in [1.807, 2.05) is 96.1 Å². The predicted molar refractivity (Wildman–Crippen MR) is 220 cm³/mol. The second kappa shape index (κ2) is 20.0. The van der Waals surface area contributed by atoms with Crippen LogP contribution >= 0.6 is 0 Å². The Morgan fingerprint density at radius 2 is 1.65 bits per heavy atom. The molecule has 17 heteroatoms. The van der Waals surface area contributed by atoms with E-state index in [9.17, 15) is 28.8 Å². The molecule has 3 aliphatic heterocycles. The molecule has 5 atom stereocenters. The van der Waals surface area contributed by atoms with Gasteiger partial charge in [0.1, 0.15) is 23.9 Å². The molecule has 0 aliphatic carbocycles. The number of amides is 5. The molecule has 17 nitrogen and oxygen atoms in total. The van der Waals surface area contributed by atoms with E-state index in [1.54, 1.807) is 11.6 Å². The van der Waals surface area contributed by atoms with Crippen LogP contribution in [0.4, 0.5) is 0 Å². The number of aromatic nitrogens is 4. The Labute approximate surface area is 351 Å². The first-order valence-corrected chi connectivity index (χ1v) is 20.6. The highest BCUT2D eigenvalue weighted by Crippen LogP contribution is 2.28. The average molecular weight is 830 g/mol. The first kappa shape index (κ1) is 45.4. The summed E-state index contributed by atoms with van der Waals surface area (Å²) in [6.07, 6.45) is 1.34. The topological polar surface area (TPSA) is 216 Å². The summed E-state index contributed by atoms with van der Waals surface area (Å²) >= 11 is 0. The molecule has 3 aromatic rings. The third kappa shape index (κ3) is 11.9. The number of nitrogens with zero attached hydrogens (tertiary/aromatic N) is 5. The van der Waals surface area contributed by atoms with Crippen LogP contribution in [0.3, 0.4) is 0 Å². The van der Waals surface area contributed by atoms with Crippen LogP contribution in [0.2, 0.25) is 0 Å². The number of nitrogens with one attached hydrogen (secondary N) is 4. The average Bonchev–Trinajstić information content (AvgIpc) is 3.88. The highest BCUT2D eigenvalue weighted by Gasteiger charge is 2.46. The van der Waals surface area contributed by atoms with Crippen molar-refractivity contribution in [1.29, 1.82) is 0 Å². The molecule has 4 bridgehead atoms. The summed E-state index contributed by atoms with van der Waals surface area (Å²) in [5, 5.41) is 23.1. The van der Waals surface area contributed by atoms with Crippen LogP contribution in [0.25, 0.3) is 0 Å². The first-order chi connectivity index (χ1) is 28.5. The van der Waals surface area contributed by atoms with Gasteiger partial charge in [-0.05, 0) is 72.7 Å². The number of carbonyl (C=O) groups is 6. The van der Waals surface area contributed by atoms with Crippen LogP contribution in [0.15, 0.2) is 54.6 Å². The van der Waals surface area contributed by atoms with Crippen molar-refractivity contribution < 1.29 is 38.2 Å². The summed E-state index contributed by atoms with van der Waals surface area (Å²) in [7, 11) is 0. The molecular weight excluding hydrogens is 771 g/mol. The fraction of sp³-hybridized carbons (Fsp3) is 0.558. The van der Waals surface area contributed by atoms with Gasteiger partial charge in [0, 0.05) is 25.8 Å². The lowest BCUT2D eigenvalue weighted by Gasteiger charge is -2.35. The molecule has 60 heavy (non-hydrogen) atoms. The second-order valence-corrected chi connectivity index (χ2v) is 17.4.